The lowest BCUT2D eigenvalue weighted by Crippen LogP contribution is -2.35. The maximum absolute atomic E-state index is 10.6. The van der Waals surface area contributed by atoms with Gasteiger partial charge in [0.1, 0.15) is 6.10 Å². The second-order valence-corrected chi connectivity index (χ2v) is 8.27. The number of fused-ring (bicyclic) bond motifs is 1. The number of allylic oxidation sites excluding steroid dienone is 3. The maximum Gasteiger partial charge on any atom is 0.207 e. The number of rotatable bonds is 7. The molecule has 0 saturated carbocycles. The molecular weight excluding hydrogens is 390 g/mol. The summed E-state index contributed by atoms with van der Waals surface area (Å²) >= 11 is 6.44. The van der Waals surface area contributed by atoms with Crippen molar-refractivity contribution in [2.24, 2.45) is 27.8 Å². The van der Waals surface area contributed by atoms with Gasteiger partial charge in [0, 0.05) is 36.2 Å². The van der Waals surface area contributed by atoms with Crippen LogP contribution in [0.5, 0.6) is 0 Å². The van der Waals surface area contributed by atoms with Gasteiger partial charge in [-0.3, -0.25) is 4.79 Å². The number of hydrogen-bond donors (Lipinski definition) is 3. The highest BCUT2D eigenvalue weighted by atomic mass is 35.5. The first kappa shape index (κ1) is 21.4. The normalized spacial score (nSPS) is 27.2. The van der Waals surface area contributed by atoms with Crippen LogP contribution in [0.25, 0.3) is 0 Å². The lowest BCUT2D eigenvalue weighted by Gasteiger charge is -2.27. The van der Waals surface area contributed by atoms with Crippen molar-refractivity contribution in [2.75, 3.05) is 13.6 Å². The molecule has 0 aromatic heterocycles. The molecular formula is C21H30ClN5O2. The molecule has 0 saturated heterocycles. The largest absolute Gasteiger partial charge is 0.477 e. The number of hydrazone groups is 1. The minimum Gasteiger partial charge on any atom is -0.477 e. The molecule has 8 heteroatoms. The molecule has 4 atom stereocenters. The van der Waals surface area contributed by atoms with Gasteiger partial charge in [-0.1, -0.05) is 18.5 Å². The van der Waals surface area contributed by atoms with Gasteiger partial charge < -0.3 is 20.8 Å². The van der Waals surface area contributed by atoms with Gasteiger partial charge in [0.25, 0.3) is 0 Å². The molecule has 1 amide bonds. The van der Waals surface area contributed by atoms with Crippen LogP contribution in [-0.4, -0.2) is 37.7 Å². The summed E-state index contributed by atoms with van der Waals surface area (Å²) in [6.07, 6.45) is 7.91. The standard InChI is InChI=1S/C21H30ClN5O2/c1-12(10-24-11-28)14(3)29-21-13(2)17(27-23-4)9-19(26-21)18-8-15-6-5-7-16(22)20(15)25-18/h8-9,11-15,23,25H,5-7,10H2,1-4H3,(H,24,28)/b27-17-/t12-,13+,14?,15?/m1/s1. The third kappa shape index (κ3) is 4.83. The van der Waals surface area contributed by atoms with Crippen LogP contribution in [-0.2, 0) is 9.53 Å². The monoisotopic (exact) mass is 419 g/mol. The van der Waals surface area contributed by atoms with Gasteiger partial charge in [-0.25, -0.2) is 4.99 Å². The fraction of sp³-hybridized carbons (Fsp3) is 0.571. The number of carbonyl (C=O) groups is 1. The second kappa shape index (κ2) is 9.48. The number of halogens is 1. The molecule has 2 unspecified atom stereocenters. The van der Waals surface area contributed by atoms with E-state index in [0.717, 1.165) is 47.1 Å². The minimum absolute atomic E-state index is 0.0769. The van der Waals surface area contributed by atoms with Crippen molar-refractivity contribution in [1.82, 2.24) is 16.1 Å². The minimum atomic E-state index is -0.107. The zero-order valence-corrected chi connectivity index (χ0v) is 18.2. The Kier molecular flexibility index (Phi) is 7.00. The first-order valence-corrected chi connectivity index (χ1v) is 10.6. The van der Waals surface area contributed by atoms with Crippen molar-refractivity contribution in [3.8, 4) is 0 Å². The topological polar surface area (TPSA) is 87.1 Å². The van der Waals surface area contributed by atoms with Crippen molar-refractivity contribution in [1.29, 1.82) is 0 Å². The molecule has 0 bridgehead atoms. The van der Waals surface area contributed by atoms with Crippen molar-refractivity contribution in [3.63, 3.8) is 0 Å². The summed E-state index contributed by atoms with van der Waals surface area (Å²) < 4.78 is 6.22. The van der Waals surface area contributed by atoms with Crippen LogP contribution in [0, 0.1) is 17.8 Å². The molecule has 0 aromatic rings. The van der Waals surface area contributed by atoms with Crippen LogP contribution in [0.3, 0.4) is 0 Å². The van der Waals surface area contributed by atoms with Crippen molar-refractivity contribution >= 4 is 29.6 Å². The Balaban J connectivity index is 1.84. The van der Waals surface area contributed by atoms with E-state index in [1.54, 1.807) is 7.05 Å². The van der Waals surface area contributed by atoms with Crippen LogP contribution in [0.1, 0.15) is 40.0 Å². The molecule has 3 rings (SSSR count). The number of amides is 1. The molecule has 2 heterocycles. The molecule has 0 spiro atoms. The lowest BCUT2D eigenvalue weighted by atomic mass is 9.93. The molecule has 2 aliphatic heterocycles. The molecule has 7 nitrogen and oxygen atoms in total. The zero-order chi connectivity index (χ0) is 21.0. The molecule has 0 aromatic carbocycles. The summed E-state index contributed by atoms with van der Waals surface area (Å²) in [5.74, 6) is 1.01. The van der Waals surface area contributed by atoms with Gasteiger partial charge in [-0.05, 0) is 45.3 Å². The summed E-state index contributed by atoms with van der Waals surface area (Å²) in [6, 6.07) is 0. The van der Waals surface area contributed by atoms with E-state index in [1.165, 1.54) is 0 Å². The summed E-state index contributed by atoms with van der Waals surface area (Å²) in [6.45, 7) is 6.60. The van der Waals surface area contributed by atoms with Gasteiger partial charge in [0.05, 0.1) is 23.0 Å². The Bertz CT molecular complexity index is 799. The Labute approximate surface area is 177 Å². The first-order chi connectivity index (χ1) is 13.9. The van der Waals surface area contributed by atoms with E-state index in [4.69, 9.17) is 21.3 Å². The molecule has 29 heavy (non-hydrogen) atoms. The molecule has 3 aliphatic rings. The fourth-order valence-corrected chi connectivity index (χ4v) is 4.01. The van der Waals surface area contributed by atoms with Gasteiger partial charge in [0.15, 0.2) is 5.90 Å². The summed E-state index contributed by atoms with van der Waals surface area (Å²) in [5.41, 5.74) is 6.57. The van der Waals surface area contributed by atoms with E-state index in [2.05, 4.69) is 27.2 Å². The highest BCUT2D eigenvalue weighted by Crippen LogP contribution is 2.38. The molecule has 0 fully saturated rings. The zero-order valence-electron chi connectivity index (χ0n) is 17.5. The van der Waals surface area contributed by atoms with E-state index in [9.17, 15) is 4.79 Å². The van der Waals surface area contributed by atoms with E-state index in [-0.39, 0.29) is 17.9 Å². The lowest BCUT2D eigenvalue weighted by molar-refractivity contribution is -0.109. The van der Waals surface area contributed by atoms with E-state index >= 15 is 0 Å². The molecule has 158 valence electrons. The smallest absolute Gasteiger partial charge is 0.207 e. The van der Waals surface area contributed by atoms with Crippen molar-refractivity contribution in [2.45, 2.75) is 46.1 Å². The average molecular weight is 420 g/mol. The Hall–Kier alpha value is -2.28. The van der Waals surface area contributed by atoms with Crippen LogP contribution in [0.2, 0.25) is 0 Å². The van der Waals surface area contributed by atoms with Crippen LogP contribution < -0.4 is 16.1 Å². The summed E-state index contributed by atoms with van der Waals surface area (Å²) in [7, 11) is 1.78. The van der Waals surface area contributed by atoms with Crippen LogP contribution in [0.15, 0.2) is 44.4 Å². The average Bonchev–Trinajstić information content (AvgIpc) is 3.15. The fourth-order valence-electron chi connectivity index (χ4n) is 3.69. The maximum atomic E-state index is 10.6. The van der Waals surface area contributed by atoms with Gasteiger partial charge in [-0.2, -0.15) is 5.10 Å². The van der Waals surface area contributed by atoms with Crippen LogP contribution >= 0.6 is 11.6 Å². The molecule has 0 radical (unpaired) electrons. The number of nitrogens with one attached hydrogen (secondary N) is 3. The highest BCUT2D eigenvalue weighted by molar-refractivity contribution is 6.30. The SMILES string of the molecule is CN/N=C1/C=C(C2=CC3CCCC(Cl)=C3N2)N=C(OC(C)[C@H](C)CNC=O)[C@H]1C. The van der Waals surface area contributed by atoms with E-state index in [0.29, 0.717) is 24.8 Å². The Morgan fingerprint density at radius 2 is 2.28 bits per heavy atom. The van der Waals surface area contributed by atoms with E-state index < -0.39 is 0 Å². The second-order valence-electron chi connectivity index (χ2n) is 7.81. The molecule has 1 aliphatic carbocycles. The summed E-state index contributed by atoms with van der Waals surface area (Å²) in [4.78, 5) is 15.4. The third-order valence-corrected chi connectivity index (χ3v) is 6.08. The first-order valence-electron chi connectivity index (χ1n) is 10.2. The predicted molar refractivity (Wildman–Crippen MR) is 116 cm³/mol. The summed E-state index contributed by atoms with van der Waals surface area (Å²) in [5, 5.41) is 11.5. The Morgan fingerprint density at radius 3 is 2.97 bits per heavy atom. The number of carbonyl (C=O) groups excluding carboxylic acids is 1. The quantitative estimate of drug-likeness (QED) is 0.437. The predicted octanol–water partition coefficient (Wildman–Crippen LogP) is 3.02. The van der Waals surface area contributed by atoms with Crippen molar-refractivity contribution < 1.29 is 9.53 Å². The third-order valence-electron chi connectivity index (χ3n) is 5.69. The highest BCUT2D eigenvalue weighted by Gasteiger charge is 2.32. The number of ether oxygens (including phenoxy) is 1. The van der Waals surface area contributed by atoms with E-state index in [1.807, 2.05) is 26.8 Å². The Morgan fingerprint density at radius 1 is 1.48 bits per heavy atom. The van der Waals surface area contributed by atoms with Gasteiger partial charge in [0.2, 0.25) is 6.41 Å². The van der Waals surface area contributed by atoms with Crippen molar-refractivity contribution in [3.05, 3.63) is 34.3 Å². The molecule has 3 N–H and O–H groups in total. The van der Waals surface area contributed by atoms with Gasteiger partial charge >= 0.3 is 0 Å². The number of hydrogen-bond acceptors (Lipinski definition) is 6. The number of aliphatic imine (C=N–C) groups is 1. The van der Waals surface area contributed by atoms with Gasteiger partial charge in [-0.15, -0.1) is 0 Å². The number of nitrogens with zero attached hydrogens (tertiary/aromatic N) is 2. The van der Waals surface area contributed by atoms with Crippen LogP contribution in [0.4, 0.5) is 0 Å².